The zero-order chi connectivity index (χ0) is 9.19. The van der Waals surface area contributed by atoms with E-state index < -0.39 is 10.1 Å². The minimum atomic E-state index is -3.97. The molecule has 1 radical (unpaired) electrons. The minimum Gasteiger partial charge on any atom is -0.235 e. The summed E-state index contributed by atoms with van der Waals surface area (Å²) in [6, 6.07) is 6.23. The summed E-state index contributed by atoms with van der Waals surface area (Å²) in [6.07, 6.45) is 0. The molecule has 6 heteroatoms. The molecule has 0 aliphatic carbocycles. The first-order valence-electron chi connectivity index (χ1n) is 3.21. The molecular formula is C7H8NaO4S. The number of aryl methyl sites for hydroxylation is 1. The fraction of sp³-hybridized carbons (Fsp3) is 0.143. The maximum Gasteiger partial charge on any atom is 0.323 e. The van der Waals surface area contributed by atoms with Crippen molar-refractivity contribution >= 4 is 39.7 Å². The molecule has 0 saturated carbocycles. The van der Waals surface area contributed by atoms with Crippen LogP contribution in [0, 0.1) is 6.92 Å². The van der Waals surface area contributed by atoms with E-state index in [-0.39, 0.29) is 34.5 Å². The van der Waals surface area contributed by atoms with Gasteiger partial charge in [0, 0.05) is 29.6 Å². The summed E-state index contributed by atoms with van der Waals surface area (Å²) < 4.78 is 25.3. The molecule has 0 aliphatic heterocycles. The molecule has 0 fully saturated rings. The second kappa shape index (κ2) is 5.09. The Morgan fingerprint density at radius 2 is 1.85 bits per heavy atom. The van der Waals surface area contributed by atoms with Crippen LogP contribution in [-0.4, -0.2) is 43.2 Å². The monoisotopic (exact) mass is 211 g/mol. The van der Waals surface area contributed by atoms with Crippen LogP contribution in [0.3, 0.4) is 0 Å². The van der Waals surface area contributed by atoms with Crippen molar-refractivity contribution in [3.63, 3.8) is 0 Å². The number of rotatable bonds is 2. The second-order valence-corrected chi connectivity index (χ2v) is 3.79. The molecule has 13 heavy (non-hydrogen) atoms. The van der Waals surface area contributed by atoms with Crippen molar-refractivity contribution < 1.29 is 18.0 Å². The quantitative estimate of drug-likeness (QED) is 0.446. The minimum absolute atomic E-state index is 0. The predicted octanol–water partition coefficient (Wildman–Crippen LogP) is 0.793. The molecule has 0 atom stereocenters. The van der Waals surface area contributed by atoms with E-state index in [0.29, 0.717) is 5.56 Å². The summed E-state index contributed by atoms with van der Waals surface area (Å²) in [4.78, 5) is -0.0208. The van der Waals surface area contributed by atoms with Crippen molar-refractivity contribution in [3.05, 3.63) is 29.8 Å². The first-order valence-corrected chi connectivity index (χ1v) is 4.62. The van der Waals surface area contributed by atoms with Crippen LogP contribution >= 0.6 is 0 Å². The largest absolute Gasteiger partial charge is 0.323 e. The van der Waals surface area contributed by atoms with Crippen LogP contribution in [-0.2, 0) is 14.5 Å². The van der Waals surface area contributed by atoms with Crippen LogP contribution in [0.25, 0.3) is 0 Å². The average molecular weight is 211 g/mol. The molecule has 4 nitrogen and oxygen atoms in total. The first kappa shape index (κ1) is 13.1. The molecule has 1 rings (SSSR count). The molecule has 0 aromatic heterocycles. The van der Waals surface area contributed by atoms with E-state index in [1.807, 2.05) is 0 Å². The molecular weight excluding hydrogens is 203 g/mol. The molecule has 1 aromatic carbocycles. The summed E-state index contributed by atoms with van der Waals surface area (Å²) in [5.41, 5.74) is 0.534. The standard InChI is InChI=1S/C7H8O4S.Na/c1-6-4-2-3-5-7(6)12(9,10)11-8;/h2-5,8H,1H3;. The maximum atomic E-state index is 10.9. The molecule has 0 unspecified atom stereocenters. The summed E-state index contributed by atoms with van der Waals surface area (Å²) in [5.74, 6) is 0. The summed E-state index contributed by atoms with van der Waals surface area (Å²) in [7, 11) is -3.97. The van der Waals surface area contributed by atoms with Crippen molar-refractivity contribution in [1.29, 1.82) is 0 Å². The normalized spacial score (nSPS) is 10.6. The predicted molar refractivity (Wildman–Crippen MR) is 47.8 cm³/mol. The van der Waals surface area contributed by atoms with E-state index >= 15 is 0 Å². The van der Waals surface area contributed by atoms with Crippen molar-refractivity contribution in [3.8, 4) is 0 Å². The topological polar surface area (TPSA) is 63.6 Å². The summed E-state index contributed by atoms with van der Waals surface area (Å²) in [5, 5.41) is 8.08. The fourth-order valence-corrected chi connectivity index (χ4v) is 1.66. The Morgan fingerprint density at radius 1 is 1.31 bits per heavy atom. The molecule has 0 aliphatic rings. The first-order chi connectivity index (χ1) is 5.58. The third-order valence-corrected chi connectivity index (χ3v) is 2.65. The van der Waals surface area contributed by atoms with Gasteiger partial charge in [-0.2, -0.15) is 8.42 Å². The van der Waals surface area contributed by atoms with Gasteiger partial charge in [-0.3, -0.25) is 0 Å². The van der Waals surface area contributed by atoms with Gasteiger partial charge in [0.15, 0.2) is 0 Å². The molecule has 0 spiro atoms. The Morgan fingerprint density at radius 3 is 2.31 bits per heavy atom. The van der Waals surface area contributed by atoms with Gasteiger partial charge in [-0.25, -0.2) is 5.26 Å². The van der Waals surface area contributed by atoms with E-state index in [1.54, 1.807) is 25.1 Å². The smallest absolute Gasteiger partial charge is 0.235 e. The zero-order valence-electron chi connectivity index (χ0n) is 7.39. The van der Waals surface area contributed by atoms with Gasteiger partial charge < -0.3 is 0 Å². The van der Waals surface area contributed by atoms with Gasteiger partial charge in [0.1, 0.15) is 0 Å². The maximum absolute atomic E-state index is 10.9. The van der Waals surface area contributed by atoms with Crippen LogP contribution in [0.4, 0.5) is 0 Å². The van der Waals surface area contributed by atoms with E-state index in [0.717, 1.165) is 0 Å². The Hall–Kier alpha value is 0.0900. The molecule has 0 saturated heterocycles. The van der Waals surface area contributed by atoms with Crippen molar-refractivity contribution in [2.24, 2.45) is 0 Å². The van der Waals surface area contributed by atoms with Crippen LogP contribution in [0.1, 0.15) is 5.56 Å². The van der Waals surface area contributed by atoms with Gasteiger partial charge in [0.2, 0.25) is 0 Å². The van der Waals surface area contributed by atoms with Gasteiger partial charge in [-0.1, -0.05) is 18.2 Å². The Kier molecular flexibility index (Phi) is 5.13. The molecule has 1 aromatic rings. The van der Waals surface area contributed by atoms with Gasteiger partial charge in [-0.05, 0) is 18.6 Å². The number of benzene rings is 1. The van der Waals surface area contributed by atoms with Crippen molar-refractivity contribution in [2.75, 3.05) is 0 Å². The van der Waals surface area contributed by atoms with Crippen molar-refractivity contribution in [2.45, 2.75) is 11.8 Å². The molecule has 0 bridgehead atoms. The third-order valence-electron chi connectivity index (χ3n) is 1.46. The SMILES string of the molecule is Cc1ccccc1S(=O)(=O)OO.[Na]. The molecule has 67 valence electrons. The van der Waals surface area contributed by atoms with Crippen LogP contribution < -0.4 is 0 Å². The fourth-order valence-electron chi connectivity index (χ4n) is 0.877. The number of hydrogen-bond acceptors (Lipinski definition) is 4. The van der Waals surface area contributed by atoms with Gasteiger partial charge in [0.05, 0.1) is 4.90 Å². The third kappa shape index (κ3) is 3.05. The Balaban J connectivity index is 0.00000144. The van der Waals surface area contributed by atoms with E-state index in [4.69, 9.17) is 5.26 Å². The van der Waals surface area contributed by atoms with Crippen LogP contribution in [0.15, 0.2) is 29.2 Å². The van der Waals surface area contributed by atoms with Gasteiger partial charge in [-0.15, -0.1) is 4.33 Å². The Labute approximate surface area is 98.9 Å². The Bertz CT molecular complexity index is 374. The van der Waals surface area contributed by atoms with Gasteiger partial charge >= 0.3 is 10.1 Å². The molecule has 0 amide bonds. The van der Waals surface area contributed by atoms with Gasteiger partial charge in [0.25, 0.3) is 0 Å². The van der Waals surface area contributed by atoms with E-state index in [1.165, 1.54) is 6.07 Å². The van der Waals surface area contributed by atoms with Crippen LogP contribution in [0.5, 0.6) is 0 Å². The van der Waals surface area contributed by atoms with Crippen LogP contribution in [0.2, 0.25) is 0 Å². The average Bonchev–Trinajstić information content (AvgIpc) is 2.05. The molecule has 0 heterocycles. The number of hydrogen-bond donors (Lipinski definition) is 1. The second-order valence-electron chi connectivity index (χ2n) is 2.29. The van der Waals surface area contributed by atoms with E-state index in [2.05, 4.69) is 4.33 Å². The summed E-state index contributed by atoms with van der Waals surface area (Å²) in [6.45, 7) is 1.62. The summed E-state index contributed by atoms with van der Waals surface area (Å²) >= 11 is 0. The zero-order valence-corrected chi connectivity index (χ0v) is 10.2. The van der Waals surface area contributed by atoms with Crippen molar-refractivity contribution in [1.82, 2.24) is 0 Å². The molecule has 1 N–H and O–H groups in total. The van der Waals surface area contributed by atoms with E-state index in [9.17, 15) is 8.42 Å².